The Hall–Kier alpha value is -1.04. The van der Waals surface area contributed by atoms with Gasteiger partial charge in [0.2, 0.25) is 5.91 Å². The maximum Gasteiger partial charge on any atom is 0.226 e. The number of nitrogens with zero attached hydrogens (tertiary/aromatic N) is 1. The molecule has 1 saturated carbocycles. The lowest BCUT2D eigenvalue weighted by Gasteiger charge is -2.15. The summed E-state index contributed by atoms with van der Waals surface area (Å²) in [6.07, 6.45) is 7.66. The summed E-state index contributed by atoms with van der Waals surface area (Å²) in [5.41, 5.74) is 2.05. The highest BCUT2D eigenvalue weighted by atomic mass is 35.5. The SMILES string of the molecule is O=C(Cc1csc(SCc2cccc(Cl)c2)n1)NC1CCCCCC1. The number of nitrogens with one attached hydrogen (secondary N) is 1. The van der Waals surface area contributed by atoms with Crippen LogP contribution in [-0.2, 0) is 17.0 Å². The highest BCUT2D eigenvalue weighted by Crippen LogP contribution is 2.27. The molecule has 0 atom stereocenters. The number of hydrogen-bond donors (Lipinski definition) is 1. The predicted octanol–water partition coefficient (Wildman–Crippen LogP) is 5.47. The number of rotatable bonds is 6. The second-order valence-corrected chi connectivity index (χ2v) is 8.97. The summed E-state index contributed by atoms with van der Waals surface area (Å²) in [4.78, 5) is 16.8. The van der Waals surface area contributed by atoms with Crippen molar-refractivity contribution in [2.45, 2.75) is 61.1 Å². The third-order valence-corrected chi connectivity index (χ3v) is 6.72. The first-order valence-corrected chi connectivity index (χ1v) is 11.0. The quantitative estimate of drug-likeness (QED) is 0.521. The van der Waals surface area contributed by atoms with E-state index in [4.69, 9.17) is 11.6 Å². The maximum atomic E-state index is 12.3. The summed E-state index contributed by atoms with van der Waals surface area (Å²) in [7, 11) is 0. The molecule has 134 valence electrons. The first-order chi connectivity index (χ1) is 12.2. The lowest BCUT2D eigenvalue weighted by atomic mass is 10.1. The van der Waals surface area contributed by atoms with Crippen LogP contribution in [0.4, 0.5) is 0 Å². The molecule has 1 aromatic heterocycles. The molecule has 1 N–H and O–H groups in total. The summed E-state index contributed by atoms with van der Waals surface area (Å²) in [5.74, 6) is 0.936. The van der Waals surface area contributed by atoms with E-state index < -0.39 is 0 Å². The van der Waals surface area contributed by atoms with Crippen molar-refractivity contribution in [3.8, 4) is 0 Å². The molecular weight excluding hydrogens is 372 g/mol. The fourth-order valence-electron chi connectivity index (χ4n) is 3.07. The van der Waals surface area contributed by atoms with Crippen LogP contribution in [0.3, 0.4) is 0 Å². The third kappa shape index (κ3) is 6.32. The van der Waals surface area contributed by atoms with Crippen molar-refractivity contribution in [1.82, 2.24) is 10.3 Å². The van der Waals surface area contributed by atoms with Gasteiger partial charge in [0.25, 0.3) is 0 Å². The van der Waals surface area contributed by atoms with Gasteiger partial charge < -0.3 is 5.32 Å². The van der Waals surface area contributed by atoms with Crippen molar-refractivity contribution >= 4 is 40.6 Å². The Morgan fingerprint density at radius 3 is 2.84 bits per heavy atom. The van der Waals surface area contributed by atoms with Crippen LogP contribution in [0.2, 0.25) is 5.02 Å². The molecule has 0 radical (unpaired) electrons. The molecule has 6 heteroatoms. The number of thioether (sulfide) groups is 1. The van der Waals surface area contributed by atoms with Gasteiger partial charge in [-0.1, -0.05) is 61.2 Å². The Balaban J connectivity index is 1.46. The molecule has 0 bridgehead atoms. The Labute approximate surface area is 162 Å². The number of halogens is 1. The van der Waals surface area contributed by atoms with E-state index in [9.17, 15) is 4.79 Å². The second kappa shape index (κ2) is 9.60. The highest BCUT2D eigenvalue weighted by Gasteiger charge is 2.16. The Bertz CT molecular complexity index is 696. The van der Waals surface area contributed by atoms with Crippen LogP contribution < -0.4 is 5.32 Å². The van der Waals surface area contributed by atoms with Crippen LogP contribution in [0.25, 0.3) is 0 Å². The van der Waals surface area contributed by atoms with Gasteiger partial charge in [0.1, 0.15) is 4.34 Å². The number of thiazole rings is 1. The van der Waals surface area contributed by atoms with Gasteiger partial charge in [0.15, 0.2) is 0 Å². The van der Waals surface area contributed by atoms with Crippen molar-refractivity contribution in [3.63, 3.8) is 0 Å². The Kier molecular flexibility index (Phi) is 7.20. The summed E-state index contributed by atoms with van der Waals surface area (Å²) < 4.78 is 0.997. The van der Waals surface area contributed by atoms with Crippen LogP contribution in [-0.4, -0.2) is 16.9 Å². The number of amides is 1. The summed E-state index contributed by atoms with van der Waals surface area (Å²) in [6, 6.07) is 8.23. The largest absolute Gasteiger partial charge is 0.353 e. The number of benzene rings is 1. The van der Waals surface area contributed by atoms with E-state index in [-0.39, 0.29) is 5.91 Å². The summed E-state index contributed by atoms with van der Waals surface area (Å²) in [6.45, 7) is 0. The monoisotopic (exact) mass is 394 g/mol. The van der Waals surface area contributed by atoms with Crippen LogP contribution in [0, 0.1) is 0 Å². The number of hydrogen-bond acceptors (Lipinski definition) is 4. The molecule has 1 fully saturated rings. The van der Waals surface area contributed by atoms with Gasteiger partial charge in [-0.3, -0.25) is 4.79 Å². The smallest absolute Gasteiger partial charge is 0.226 e. The van der Waals surface area contributed by atoms with Crippen LogP contribution in [0.1, 0.15) is 49.8 Å². The third-order valence-electron chi connectivity index (χ3n) is 4.34. The van der Waals surface area contributed by atoms with Crippen molar-refractivity contribution in [2.75, 3.05) is 0 Å². The van der Waals surface area contributed by atoms with E-state index in [1.165, 1.54) is 31.2 Å². The van der Waals surface area contributed by atoms with E-state index in [0.717, 1.165) is 33.7 Å². The topological polar surface area (TPSA) is 42.0 Å². The molecule has 0 aliphatic heterocycles. The molecule has 1 heterocycles. The van der Waals surface area contributed by atoms with Gasteiger partial charge in [0, 0.05) is 22.2 Å². The molecule has 1 aliphatic carbocycles. The lowest BCUT2D eigenvalue weighted by Crippen LogP contribution is -2.35. The average molecular weight is 395 g/mol. The molecule has 1 aromatic carbocycles. The first-order valence-electron chi connectivity index (χ1n) is 8.80. The van der Waals surface area contributed by atoms with Crippen molar-refractivity contribution in [3.05, 3.63) is 45.9 Å². The predicted molar refractivity (Wildman–Crippen MR) is 106 cm³/mol. The summed E-state index contributed by atoms with van der Waals surface area (Å²) >= 11 is 9.30. The van der Waals surface area contributed by atoms with E-state index in [2.05, 4.69) is 16.4 Å². The van der Waals surface area contributed by atoms with E-state index >= 15 is 0 Å². The molecule has 0 saturated heterocycles. The van der Waals surface area contributed by atoms with Crippen LogP contribution >= 0.6 is 34.7 Å². The van der Waals surface area contributed by atoms with Gasteiger partial charge in [-0.2, -0.15) is 0 Å². The minimum absolute atomic E-state index is 0.101. The maximum absolute atomic E-state index is 12.3. The molecule has 1 aliphatic rings. The Morgan fingerprint density at radius 2 is 2.08 bits per heavy atom. The minimum atomic E-state index is 0.101. The van der Waals surface area contributed by atoms with E-state index in [1.807, 2.05) is 23.6 Å². The molecule has 25 heavy (non-hydrogen) atoms. The van der Waals surface area contributed by atoms with Crippen molar-refractivity contribution in [2.24, 2.45) is 0 Å². The lowest BCUT2D eigenvalue weighted by molar-refractivity contribution is -0.121. The normalized spacial score (nSPS) is 15.7. The number of carbonyl (C=O) groups excluding carboxylic acids is 1. The average Bonchev–Trinajstić information content (AvgIpc) is 2.87. The van der Waals surface area contributed by atoms with Gasteiger partial charge in [0.05, 0.1) is 12.1 Å². The second-order valence-electron chi connectivity index (χ2n) is 6.46. The fourth-order valence-corrected chi connectivity index (χ4v) is 5.08. The van der Waals surface area contributed by atoms with Crippen LogP contribution in [0.5, 0.6) is 0 Å². The van der Waals surface area contributed by atoms with Crippen molar-refractivity contribution < 1.29 is 4.79 Å². The standard InChI is InChI=1S/C19H23ClN2OS2/c20-15-7-5-6-14(10-15)12-24-19-22-17(13-25-19)11-18(23)21-16-8-3-1-2-4-9-16/h5-7,10,13,16H,1-4,8-9,11-12H2,(H,21,23). The first kappa shape index (κ1) is 18.7. The molecule has 2 aromatic rings. The summed E-state index contributed by atoms with van der Waals surface area (Å²) in [5, 5.41) is 5.94. The zero-order valence-electron chi connectivity index (χ0n) is 14.2. The zero-order chi connectivity index (χ0) is 17.5. The van der Waals surface area contributed by atoms with Gasteiger partial charge in [-0.15, -0.1) is 11.3 Å². The fraction of sp³-hybridized carbons (Fsp3) is 0.474. The zero-order valence-corrected chi connectivity index (χ0v) is 16.6. The number of carbonyl (C=O) groups is 1. The minimum Gasteiger partial charge on any atom is -0.353 e. The van der Waals surface area contributed by atoms with E-state index in [1.54, 1.807) is 23.1 Å². The van der Waals surface area contributed by atoms with Gasteiger partial charge in [-0.05, 0) is 30.5 Å². The van der Waals surface area contributed by atoms with Crippen LogP contribution in [0.15, 0.2) is 34.0 Å². The molecule has 3 rings (SSSR count). The highest BCUT2D eigenvalue weighted by molar-refractivity contribution is 8.00. The molecule has 3 nitrogen and oxygen atoms in total. The van der Waals surface area contributed by atoms with E-state index in [0.29, 0.717) is 12.5 Å². The molecule has 0 spiro atoms. The Morgan fingerprint density at radius 1 is 1.28 bits per heavy atom. The van der Waals surface area contributed by atoms with Gasteiger partial charge in [-0.25, -0.2) is 4.98 Å². The van der Waals surface area contributed by atoms with Gasteiger partial charge >= 0.3 is 0 Å². The number of aromatic nitrogens is 1. The van der Waals surface area contributed by atoms with Crippen molar-refractivity contribution in [1.29, 1.82) is 0 Å². The molecule has 0 unspecified atom stereocenters. The molecule has 1 amide bonds. The molecular formula is C19H23ClN2OS2.